The largest absolute Gasteiger partial charge is 0.465 e. The van der Waals surface area contributed by atoms with Gasteiger partial charge in [-0.2, -0.15) is 0 Å². The van der Waals surface area contributed by atoms with E-state index < -0.39 is 12.2 Å². The summed E-state index contributed by atoms with van der Waals surface area (Å²) in [5, 5.41) is 18.6. The number of nitrogens with zero attached hydrogens (tertiary/aromatic N) is 1. The number of carboxylic acid groups (broad SMARTS) is 1. The summed E-state index contributed by atoms with van der Waals surface area (Å²) in [5.41, 5.74) is 0.854. The normalized spacial score (nSPS) is 18.3. The molecule has 1 fully saturated rings. The Morgan fingerprint density at radius 3 is 2.47 bits per heavy atom. The van der Waals surface area contributed by atoms with E-state index in [9.17, 15) is 9.90 Å². The van der Waals surface area contributed by atoms with Gasteiger partial charge in [-0.15, -0.1) is 0 Å². The van der Waals surface area contributed by atoms with Crippen molar-refractivity contribution in [3.05, 3.63) is 35.9 Å². The summed E-state index contributed by atoms with van der Waals surface area (Å²) < 4.78 is 0. The highest BCUT2D eigenvalue weighted by atomic mass is 16.4. The van der Waals surface area contributed by atoms with E-state index in [2.05, 4.69) is 0 Å². The van der Waals surface area contributed by atoms with Gasteiger partial charge in [-0.1, -0.05) is 30.3 Å². The van der Waals surface area contributed by atoms with Gasteiger partial charge in [0.25, 0.3) is 0 Å². The van der Waals surface area contributed by atoms with Crippen molar-refractivity contribution < 1.29 is 15.0 Å². The van der Waals surface area contributed by atoms with E-state index in [0.717, 1.165) is 5.56 Å². The molecular weight excluding hydrogens is 194 g/mol. The highest BCUT2D eigenvalue weighted by molar-refractivity contribution is 5.66. The zero-order valence-corrected chi connectivity index (χ0v) is 8.21. The molecule has 1 aromatic carbocycles. The molecule has 1 aliphatic heterocycles. The van der Waals surface area contributed by atoms with E-state index in [4.69, 9.17) is 5.11 Å². The number of benzene rings is 1. The van der Waals surface area contributed by atoms with Crippen LogP contribution in [0.2, 0.25) is 0 Å². The van der Waals surface area contributed by atoms with Crippen molar-refractivity contribution in [2.24, 2.45) is 5.92 Å². The number of amides is 1. The van der Waals surface area contributed by atoms with Crippen molar-refractivity contribution >= 4 is 6.09 Å². The fraction of sp³-hybridized carbons (Fsp3) is 0.364. The number of aliphatic hydroxyl groups excluding tert-OH is 1. The van der Waals surface area contributed by atoms with Crippen LogP contribution in [0.4, 0.5) is 4.79 Å². The Balaban J connectivity index is 1.95. The Labute approximate surface area is 87.8 Å². The highest BCUT2D eigenvalue weighted by Gasteiger charge is 2.35. The van der Waals surface area contributed by atoms with Gasteiger partial charge in [0.05, 0.1) is 6.10 Å². The third-order valence-corrected chi connectivity index (χ3v) is 2.77. The van der Waals surface area contributed by atoms with Crippen LogP contribution in [0.3, 0.4) is 0 Å². The second-order valence-corrected chi connectivity index (χ2v) is 3.80. The molecule has 1 amide bonds. The van der Waals surface area contributed by atoms with Crippen molar-refractivity contribution in [3.63, 3.8) is 0 Å². The third-order valence-electron chi connectivity index (χ3n) is 2.77. The summed E-state index contributed by atoms with van der Waals surface area (Å²) in [7, 11) is 0. The lowest BCUT2D eigenvalue weighted by Crippen LogP contribution is -2.51. The molecule has 1 saturated heterocycles. The Kier molecular flexibility index (Phi) is 2.60. The first-order chi connectivity index (χ1) is 7.18. The molecule has 1 unspecified atom stereocenters. The van der Waals surface area contributed by atoms with Crippen LogP contribution in [0.5, 0.6) is 0 Å². The molecule has 2 rings (SSSR count). The molecule has 0 aliphatic carbocycles. The van der Waals surface area contributed by atoms with Crippen LogP contribution in [-0.4, -0.2) is 34.3 Å². The molecule has 1 aromatic rings. The van der Waals surface area contributed by atoms with Gasteiger partial charge in [-0.05, 0) is 5.56 Å². The quantitative estimate of drug-likeness (QED) is 0.769. The number of hydrogen-bond acceptors (Lipinski definition) is 2. The molecule has 2 N–H and O–H groups in total. The Morgan fingerprint density at radius 2 is 1.93 bits per heavy atom. The molecule has 0 aromatic heterocycles. The first-order valence-corrected chi connectivity index (χ1v) is 4.89. The van der Waals surface area contributed by atoms with E-state index in [1.807, 2.05) is 30.3 Å². The van der Waals surface area contributed by atoms with Gasteiger partial charge in [0.1, 0.15) is 0 Å². The predicted molar refractivity (Wildman–Crippen MR) is 54.5 cm³/mol. The number of rotatable bonds is 2. The van der Waals surface area contributed by atoms with E-state index >= 15 is 0 Å². The molecule has 1 heterocycles. The van der Waals surface area contributed by atoms with Gasteiger partial charge >= 0.3 is 6.09 Å². The third kappa shape index (κ3) is 1.94. The first kappa shape index (κ1) is 9.98. The topological polar surface area (TPSA) is 60.8 Å². The number of carbonyl (C=O) groups is 1. The molecule has 1 atom stereocenters. The van der Waals surface area contributed by atoms with Crippen LogP contribution in [0.15, 0.2) is 30.3 Å². The summed E-state index contributed by atoms with van der Waals surface area (Å²) in [6, 6.07) is 9.33. The van der Waals surface area contributed by atoms with Crippen molar-refractivity contribution in [1.82, 2.24) is 4.90 Å². The molecule has 0 saturated carbocycles. The van der Waals surface area contributed by atoms with Gasteiger partial charge < -0.3 is 15.1 Å². The van der Waals surface area contributed by atoms with Crippen LogP contribution < -0.4 is 0 Å². The number of aliphatic hydroxyl groups is 1. The van der Waals surface area contributed by atoms with Gasteiger partial charge in [-0.3, -0.25) is 0 Å². The lowest BCUT2D eigenvalue weighted by Gasteiger charge is -2.39. The predicted octanol–water partition coefficient (Wildman–Crippen LogP) is 1.33. The van der Waals surface area contributed by atoms with Crippen LogP contribution in [0, 0.1) is 5.92 Å². The van der Waals surface area contributed by atoms with E-state index in [1.165, 1.54) is 4.90 Å². The minimum Gasteiger partial charge on any atom is -0.465 e. The lowest BCUT2D eigenvalue weighted by molar-refractivity contribution is 0.00282. The molecule has 0 spiro atoms. The van der Waals surface area contributed by atoms with Crippen LogP contribution in [-0.2, 0) is 0 Å². The summed E-state index contributed by atoms with van der Waals surface area (Å²) >= 11 is 0. The van der Waals surface area contributed by atoms with Crippen LogP contribution in [0.1, 0.15) is 11.7 Å². The van der Waals surface area contributed by atoms with Crippen LogP contribution >= 0.6 is 0 Å². The summed E-state index contributed by atoms with van der Waals surface area (Å²) in [5.74, 6) is 0.0310. The molecule has 0 bridgehead atoms. The van der Waals surface area contributed by atoms with Crippen molar-refractivity contribution in [2.45, 2.75) is 6.10 Å². The smallest absolute Gasteiger partial charge is 0.407 e. The first-order valence-electron chi connectivity index (χ1n) is 4.89. The average molecular weight is 207 g/mol. The molecule has 4 heteroatoms. The highest BCUT2D eigenvalue weighted by Crippen LogP contribution is 2.29. The van der Waals surface area contributed by atoms with Gasteiger partial charge in [-0.25, -0.2) is 4.79 Å². The average Bonchev–Trinajstić information content (AvgIpc) is 2.16. The molecule has 0 radical (unpaired) electrons. The summed E-state index contributed by atoms with van der Waals surface area (Å²) in [6.07, 6.45) is -1.46. The van der Waals surface area contributed by atoms with E-state index in [0.29, 0.717) is 13.1 Å². The zero-order chi connectivity index (χ0) is 10.8. The number of likely N-dealkylation sites (tertiary alicyclic amines) is 1. The standard InChI is InChI=1S/C11H13NO3/c13-10(8-4-2-1-3-5-8)9-6-12(7-9)11(14)15/h1-5,9-10,13H,6-7H2,(H,14,15). The maximum atomic E-state index is 10.5. The minimum absolute atomic E-state index is 0.0310. The Hall–Kier alpha value is -1.55. The maximum absolute atomic E-state index is 10.5. The van der Waals surface area contributed by atoms with Gasteiger partial charge in [0.2, 0.25) is 0 Å². The second kappa shape index (κ2) is 3.90. The van der Waals surface area contributed by atoms with Gasteiger partial charge in [0, 0.05) is 19.0 Å². The number of hydrogen-bond donors (Lipinski definition) is 2. The molecular formula is C11H13NO3. The Bertz CT molecular complexity index is 346. The summed E-state index contributed by atoms with van der Waals surface area (Å²) in [6.45, 7) is 0.844. The Morgan fingerprint density at radius 1 is 1.33 bits per heavy atom. The van der Waals surface area contributed by atoms with Crippen molar-refractivity contribution in [3.8, 4) is 0 Å². The fourth-order valence-corrected chi connectivity index (χ4v) is 1.79. The monoisotopic (exact) mass is 207 g/mol. The van der Waals surface area contributed by atoms with E-state index in [-0.39, 0.29) is 5.92 Å². The second-order valence-electron chi connectivity index (χ2n) is 3.80. The SMILES string of the molecule is O=C(O)N1CC(C(O)c2ccccc2)C1. The van der Waals surface area contributed by atoms with Crippen molar-refractivity contribution in [2.75, 3.05) is 13.1 Å². The maximum Gasteiger partial charge on any atom is 0.407 e. The molecule has 1 aliphatic rings. The summed E-state index contributed by atoms with van der Waals surface area (Å²) in [4.78, 5) is 11.8. The van der Waals surface area contributed by atoms with Gasteiger partial charge in [0.15, 0.2) is 0 Å². The molecule has 80 valence electrons. The lowest BCUT2D eigenvalue weighted by atomic mass is 9.89. The van der Waals surface area contributed by atoms with Crippen molar-refractivity contribution in [1.29, 1.82) is 0 Å². The molecule has 15 heavy (non-hydrogen) atoms. The van der Waals surface area contributed by atoms with Crippen LogP contribution in [0.25, 0.3) is 0 Å². The zero-order valence-electron chi connectivity index (χ0n) is 8.21. The molecule has 4 nitrogen and oxygen atoms in total. The minimum atomic E-state index is -0.911. The fourth-order valence-electron chi connectivity index (χ4n) is 1.79. The van der Waals surface area contributed by atoms with E-state index in [1.54, 1.807) is 0 Å².